The zero-order valence-electron chi connectivity index (χ0n) is 13.8. The summed E-state index contributed by atoms with van der Waals surface area (Å²) < 4.78 is 6.88. The number of rotatable bonds is 4. The summed E-state index contributed by atoms with van der Waals surface area (Å²) in [5, 5.41) is 3.55. The molecule has 3 rings (SSSR count). The number of benzene rings is 1. The summed E-state index contributed by atoms with van der Waals surface area (Å²) in [4.78, 5) is 29.3. The fourth-order valence-electron chi connectivity index (χ4n) is 2.69. The molecular weight excluding hydrogens is 326 g/mol. The summed E-state index contributed by atoms with van der Waals surface area (Å²) in [5.41, 5.74) is 1.95. The Morgan fingerprint density at radius 1 is 1.42 bits per heavy atom. The molecule has 6 nitrogen and oxygen atoms in total. The normalized spacial score (nSPS) is 15.9. The maximum atomic E-state index is 12.5. The Labute approximate surface area is 144 Å². The minimum Gasteiger partial charge on any atom is -0.495 e. The monoisotopic (exact) mass is 345 g/mol. The first-order valence-electron chi connectivity index (χ1n) is 7.66. The lowest BCUT2D eigenvalue weighted by Gasteiger charge is -2.15. The number of hydrogen-bond acceptors (Lipinski definition) is 5. The Kier molecular flexibility index (Phi) is 4.62. The minimum absolute atomic E-state index is 0.0578. The lowest BCUT2D eigenvalue weighted by molar-refractivity contribution is -0.116. The van der Waals surface area contributed by atoms with Crippen LogP contribution >= 0.6 is 11.8 Å². The highest BCUT2D eigenvalue weighted by atomic mass is 32.2. The summed E-state index contributed by atoms with van der Waals surface area (Å²) in [6.07, 6.45) is 0.224. The van der Waals surface area contributed by atoms with Crippen LogP contribution in [-0.2, 0) is 4.79 Å². The van der Waals surface area contributed by atoms with Crippen molar-refractivity contribution >= 4 is 23.4 Å². The van der Waals surface area contributed by atoms with Crippen LogP contribution in [0.1, 0.15) is 23.7 Å². The first kappa shape index (κ1) is 16.6. The van der Waals surface area contributed by atoms with Crippen molar-refractivity contribution in [1.29, 1.82) is 0 Å². The van der Waals surface area contributed by atoms with Gasteiger partial charge < -0.3 is 10.1 Å². The van der Waals surface area contributed by atoms with E-state index in [0.29, 0.717) is 27.9 Å². The van der Waals surface area contributed by atoms with Gasteiger partial charge in [0.2, 0.25) is 5.91 Å². The second-order valence-electron chi connectivity index (χ2n) is 5.70. The largest absolute Gasteiger partial charge is 0.495 e. The number of thioether (sulfide) groups is 1. The Morgan fingerprint density at radius 3 is 2.92 bits per heavy atom. The van der Waals surface area contributed by atoms with Crippen molar-refractivity contribution in [1.82, 2.24) is 9.55 Å². The number of anilines is 1. The van der Waals surface area contributed by atoms with Crippen LogP contribution in [0.25, 0.3) is 0 Å². The maximum Gasteiger partial charge on any atom is 0.257 e. The zero-order chi connectivity index (χ0) is 17.3. The number of para-hydroxylation sites is 2. The summed E-state index contributed by atoms with van der Waals surface area (Å²) in [6, 6.07) is 7.07. The number of carbonyl (C=O) groups excluding carboxylic acids is 1. The number of ether oxygens (including phenoxy) is 1. The van der Waals surface area contributed by atoms with E-state index in [0.717, 1.165) is 5.69 Å². The van der Waals surface area contributed by atoms with Crippen LogP contribution in [0.4, 0.5) is 5.69 Å². The van der Waals surface area contributed by atoms with Crippen molar-refractivity contribution in [3.8, 4) is 5.75 Å². The van der Waals surface area contributed by atoms with E-state index in [1.165, 1.54) is 11.8 Å². The molecule has 7 heteroatoms. The van der Waals surface area contributed by atoms with Gasteiger partial charge in [-0.25, -0.2) is 4.98 Å². The number of nitrogens with zero attached hydrogens (tertiary/aromatic N) is 2. The molecule has 1 aliphatic heterocycles. The first-order valence-corrected chi connectivity index (χ1v) is 8.65. The van der Waals surface area contributed by atoms with E-state index in [1.54, 1.807) is 30.7 Å². The van der Waals surface area contributed by atoms with E-state index in [4.69, 9.17) is 4.74 Å². The van der Waals surface area contributed by atoms with E-state index >= 15 is 0 Å². The molecule has 1 unspecified atom stereocenters. The van der Waals surface area contributed by atoms with Gasteiger partial charge in [-0.3, -0.25) is 14.2 Å². The van der Waals surface area contributed by atoms with Gasteiger partial charge >= 0.3 is 0 Å². The SMILES string of the molecule is COc1ccccc1NC(=O)CC1CSc2nc(C)c(C)c(=O)n21. The summed E-state index contributed by atoms with van der Waals surface area (Å²) >= 11 is 1.52. The molecule has 0 saturated carbocycles. The van der Waals surface area contributed by atoms with Gasteiger partial charge in [-0.2, -0.15) is 0 Å². The smallest absolute Gasteiger partial charge is 0.257 e. The van der Waals surface area contributed by atoms with Crippen molar-refractivity contribution in [2.45, 2.75) is 31.5 Å². The molecule has 2 heterocycles. The summed E-state index contributed by atoms with van der Waals surface area (Å²) in [6.45, 7) is 3.60. The van der Waals surface area contributed by atoms with Gasteiger partial charge in [0, 0.05) is 23.4 Å². The second-order valence-corrected chi connectivity index (χ2v) is 6.68. The number of carbonyl (C=O) groups is 1. The van der Waals surface area contributed by atoms with Crippen LogP contribution in [-0.4, -0.2) is 28.3 Å². The Morgan fingerprint density at radius 2 is 2.17 bits per heavy atom. The third-order valence-electron chi connectivity index (χ3n) is 4.12. The third kappa shape index (κ3) is 3.03. The van der Waals surface area contributed by atoms with Crippen LogP contribution < -0.4 is 15.6 Å². The van der Waals surface area contributed by atoms with E-state index < -0.39 is 0 Å². The molecule has 24 heavy (non-hydrogen) atoms. The minimum atomic E-state index is -0.181. The quantitative estimate of drug-likeness (QED) is 0.862. The van der Waals surface area contributed by atoms with Gasteiger partial charge in [0.05, 0.1) is 18.8 Å². The third-order valence-corrected chi connectivity index (χ3v) is 5.22. The van der Waals surface area contributed by atoms with E-state index in [2.05, 4.69) is 10.3 Å². The van der Waals surface area contributed by atoms with E-state index in [1.807, 2.05) is 19.1 Å². The highest BCUT2D eigenvalue weighted by molar-refractivity contribution is 7.99. The summed E-state index contributed by atoms with van der Waals surface area (Å²) in [7, 11) is 1.56. The van der Waals surface area contributed by atoms with Crippen molar-refractivity contribution in [3.05, 3.63) is 45.9 Å². The molecule has 1 aromatic carbocycles. The number of aromatic nitrogens is 2. The maximum absolute atomic E-state index is 12.5. The number of fused-ring (bicyclic) bond motifs is 1. The number of hydrogen-bond donors (Lipinski definition) is 1. The molecule has 0 saturated heterocycles. The molecule has 0 radical (unpaired) electrons. The fourth-order valence-corrected chi connectivity index (χ4v) is 3.87. The van der Waals surface area contributed by atoms with Gasteiger partial charge in [-0.05, 0) is 26.0 Å². The van der Waals surface area contributed by atoms with Crippen LogP contribution in [0.5, 0.6) is 5.75 Å². The van der Waals surface area contributed by atoms with Crippen LogP contribution in [0.2, 0.25) is 0 Å². The predicted octanol–water partition coefficient (Wildman–Crippen LogP) is 2.54. The van der Waals surface area contributed by atoms with Gasteiger partial charge in [0.25, 0.3) is 5.56 Å². The Balaban J connectivity index is 1.78. The Bertz CT molecular complexity index is 847. The van der Waals surface area contributed by atoms with Gasteiger partial charge in [0.1, 0.15) is 5.75 Å². The van der Waals surface area contributed by atoms with Crippen LogP contribution in [0.15, 0.2) is 34.2 Å². The van der Waals surface area contributed by atoms with Gasteiger partial charge in [-0.15, -0.1) is 0 Å². The molecule has 0 fully saturated rings. The number of amides is 1. The molecule has 0 aliphatic carbocycles. The van der Waals surface area contributed by atoms with Crippen LogP contribution in [0.3, 0.4) is 0 Å². The molecule has 1 aliphatic rings. The molecule has 1 N–H and O–H groups in total. The average molecular weight is 345 g/mol. The lowest BCUT2D eigenvalue weighted by atomic mass is 10.2. The topological polar surface area (TPSA) is 73.2 Å². The van der Waals surface area contributed by atoms with E-state index in [9.17, 15) is 9.59 Å². The number of aryl methyl sites for hydroxylation is 1. The van der Waals surface area contributed by atoms with Gasteiger partial charge in [-0.1, -0.05) is 23.9 Å². The number of methoxy groups -OCH3 is 1. The highest BCUT2D eigenvalue weighted by Crippen LogP contribution is 2.33. The second kappa shape index (κ2) is 6.68. The molecule has 2 aromatic rings. The molecule has 0 bridgehead atoms. The average Bonchev–Trinajstić information content (AvgIpc) is 2.95. The van der Waals surface area contributed by atoms with Crippen molar-refractivity contribution in [2.24, 2.45) is 0 Å². The predicted molar refractivity (Wildman–Crippen MR) is 94.0 cm³/mol. The van der Waals surface area contributed by atoms with Gasteiger partial charge in [0.15, 0.2) is 5.16 Å². The zero-order valence-corrected chi connectivity index (χ0v) is 14.6. The Hall–Kier alpha value is -2.28. The summed E-state index contributed by atoms with van der Waals surface area (Å²) in [5.74, 6) is 1.13. The lowest BCUT2D eigenvalue weighted by Crippen LogP contribution is -2.29. The standard InChI is InChI=1S/C17H19N3O3S/c1-10-11(2)18-17-20(16(10)22)12(9-24-17)8-15(21)19-13-6-4-5-7-14(13)23-3/h4-7,12H,8-9H2,1-3H3,(H,19,21). The van der Waals surface area contributed by atoms with Crippen molar-refractivity contribution in [2.75, 3.05) is 18.2 Å². The fraction of sp³-hybridized carbons (Fsp3) is 0.353. The molecule has 126 valence electrons. The molecule has 1 amide bonds. The number of nitrogens with one attached hydrogen (secondary N) is 1. The van der Waals surface area contributed by atoms with Crippen molar-refractivity contribution in [3.63, 3.8) is 0 Å². The highest BCUT2D eigenvalue weighted by Gasteiger charge is 2.28. The molecular formula is C17H19N3O3S. The molecule has 1 aromatic heterocycles. The first-order chi connectivity index (χ1) is 11.5. The van der Waals surface area contributed by atoms with E-state index in [-0.39, 0.29) is 23.9 Å². The van der Waals surface area contributed by atoms with Crippen LogP contribution in [0, 0.1) is 13.8 Å². The molecule has 0 spiro atoms. The molecule has 1 atom stereocenters. The van der Waals surface area contributed by atoms with Crippen molar-refractivity contribution < 1.29 is 9.53 Å².